The summed E-state index contributed by atoms with van der Waals surface area (Å²) in [5.41, 5.74) is 8.78. The Morgan fingerprint density at radius 3 is 2.32 bits per heavy atom. The zero-order chi connectivity index (χ0) is 16.8. The van der Waals surface area contributed by atoms with E-state index in [4.69, 9.17) is 0 Å². The van der Waals surface area contributed by atoms with Crippen LogP contribution >= 0.6 is 0 Å². The van der Waals surface area contributed by atoms with Crippen LogP contribution in [0.1, 0.15) is 69.1 Å². The maximum atomic E-state index is 2.44. The second kappa shape index (κ2) is 10.3. The summed E-state index contributed by atoms with van der Waals surface area (Å²) in [6.45, 7) is 4.54. The van der Waals surface area contributed by atoms with Gasteiger partial charge in [-0.25, -0.2) is 0 Å². The van der Waals surface area contributed by atoms with Gasteiger partial charge in [-0.2, -0.15) is 0 Å². The third-order valence-electron chi connectivity index (χ3n) is 5.12. The quantitative estimate of drug-likeness (QED) is 0.404. The standard InChI is InChI=1S/C24H30.Zr/c1-3-5-6-7-10-19-13-15-21(16-14-19)23-12-8-11-22-17-20(9-4-2)18-24(22)23;/h8,11-16,18H,3-7,9-10,17H2,1-2H3;. The molecular formula is C24H30Zr. The van der Waals surface area contributed by atoms with Crippen LogP contribution in [0.4, 0.5) is 0 Å². The summed E-state index contributed by atoms with van der Waals surface area (Å²) in [5.74, 6) is 0. The molecule has 2 aromatic rings. The minimum atomic E-state index is 0. The maximum absolute atomic E-state index is 2.44. The van der Waals surface area contributed by atoms with Crippen molar-refractivity contribution in [1.29, 1.82) is 0 Å². The molecule has 0 saturated heterocycles. The Balaban J connectivity index is 0.00000225. The van der Waals surface area contributed by atoms with Gasteiger partial charge in [0.05, 0.1) is 0 Å². The number of aryl methyl sites for hydroxylation is 1. The van der Waals surface area contributed by atoms with Crippen LogP contribution in [-0.4, -0.2) is 0 Å². The molecule has 0 atom stereocenters. The first-order valence-electron chi connectivity index (χ1n) is 9.72. The fourth-order valence-electron chi connectivity index (χ4n) is 3.78. The van der Waals surface area contributed by atoms with Crippen molar-refractivity contribution < 1.29 is 26.2 Å². The topological polar surface area (TPSA) is 0 Å². The molecule has 1 aliphatic carbocycles. The first kappa shape index (κ1) is 20.4. The van der Waals surface area contributed by atoms with Crippen LogP contribution in [0.25, 0.3) is 17.2 Å². The second-order valence-corrected chi connectivity index (χ2v) is 7.12. The van der Waals surface area contributed by atoms with Crippen LogP contribution < -0.4 is 0 Å². The average Bonchev–Trinajstić information content (AvgIpc) is 3.02. The fourth-order valence-corrected chi connectivity index (χ4v) is 3.78. The van der Waals surface area contributed by atoms with Gasteiger partial charge in [-0.15, -0.1) is 0 Å². The first-order valence-corrected chi connectivity index (χ1v) is 9.72. The Hall–Kier alpha value is -0.937. The van der Waals surface area contributed by atoms with Gasteiger partial charge in [0, 0.05) is 26.2 Å². The Kier molecular flexibility index (Phi) is 8.37. The summed E-state index contributed by atoms with van der Waals surface area (Å²) >= 11 is 0. The van der Waals surface area contributed by atoms with E-state index in [0.717, 1.165) is 6.42 Å². The summed E-state index contributed by atoms with van der Waals surface area (Å²) in [5, 5.41) is 0. The number of allylic oxidation sites excluding steroid dienone is 1. The Bertz CT molecular complexity index is 695. The fraction of sp³-hybridized carbons (Fsp3) is 0.417. The van der Waals surface area contributed by atoms with Gasteiger partial charge in [-0.05, 0) is 53.5 Å². The van der Waals surface area contributed by atoms with E-state index in [1.54, 1.807) is 5.57 Å². The van der Waals surface area contributed by atoms with E-state index in [1.807, 2.05) is 0 Å². The Morgan fingerprint density at radius 1 is 0.800 bits per heavy atom. The van der Waals surface area contributed by atoms with Gasteiger partial charge in [-0.1, -0.05) is 93.6 Å². The van der Waals surface area contributed by atoms with Gasteiger partial charge in [0.2, 0.25) is 0 Å². The van der Waals surface area contributed by atoms with E-state index in [0.29, 0.717) is 0 Å². The van der Waals surface area contributed by atoms with Crippen molar-refractivity contribution in [3.8, 4) is 11.1 Å². The molecule has 2 aromatic carbocycles. The zero-order valence-electron chi connectivity index (χ0n) is 15.8. The predicted molar refractivity (Wildman–Crippen MR) is 106 cm³/mol. The summed E-state index contributed by atoms with van der Waals surface area (Å²) < 4.78 is 0. The molecule has 3 rings (SSSR count). The predicted octanol–water partition coefficient (Wildman–Crippen LogP) is 7.21. The van der Waals surface area contributed by atoms with E-state index >= 15 is 0 Å². The van der Waals surface area contributed by atoms with Crippen molar-refractivity contribution in [3.63, 3.8) is 0 Å². The molecule has 0 amide bonds. The molecule has 0 saturated carbocycles. The number of hydrogen-bond donors (Lipinski definition) is 0. The van der Waals surface area contributed by atoms with Gasteiger partial charge in [0.15, 0.2) is 0 Å². The number of rotatable bonds is 8. The second-order valence-electron chi connectivity index (χ2n) is 7.12. The van der Waals surface area contributed by atoms with Crippen LogP contribution in [0.2, 0.25) is 0 Å². The minimum absolute atomic E-state index is 0. The van der Waals surface area contributed by atoms with Crippen LogP contribution in [-0.2, 0) is 39.0 Å². The molecule has 0 spiro atoms. The monoisotopic (exact) mass is 408 g/mol. The molecule has 0 N–H and O–H groups in total. The van der Waals surface area contributed by atoms with E-state index in [9.17, 15) is 0 Å². The summed E-state index contributed by atoms with van der Waals surface area (Å²) in [7, 11) is 0. The maximum Gasteiger partial charge on any atom is 0 e. The van der Waals surface area contributed by atoms with Gasteiger partial charge in [-0.3, -0.25) is 0 Å². The van der Waals surface area contributed by atoms with Crippen molar-refractivity contribution in [2.45, 2.75) is 65.2 Å². The van der Waals surface area contributed by atoms with Crippen LogP contribution in [0.15, 0.2) is 48.0 Å². The summed E-state index contributed by atoms with van der Waals surface area (Å²) in [6.07, 6.45) is 12.6. The molecular weight excluding hydrogens is 379 g/mol. The summed E-state index contributed by atoms with van der Waals surface area (Å²) in [4.78, 5) is 0. The van der Waals surface area contributed by atoms with Gasteiger partial charge in [0.1, 0.15) is 0 Å². The normalized spacial score (nSPS) is 12.5. The van der Waals surface area contributed by atoms with Crippen molar-refractivity contribution in [2.24, 2.45) is 0 Å². The molecule has 1 aliphatic rings. The van der Waals surface area contributed by atoms with Gasteiger partial charge < -0.3 is 0 Å². The van der Waals surface area contributed by atoms with Crippen molar-refractivity contribution in [1.82, 2.24) is 0 Å². The molecule has 25 heavy (non-hydrogen) atoms. The van der Waals surface area contributed by atoms with Gasteiger partial charge in [0.25, 0.3) is 0 Å². The minimum Gasteiger partial charge on any atom is -0.0654 e. The number of fused-ring (bicyclic) bond motifs is 1. The van der Waals surface area contributed by atoms with Gasteiger partial charge >= 0.3 is 0 Å². The molecule has 130 valence electrons. The number of hydrogen-bond acceptors (Lipinski definition) is 0. The number of benzene rings is 2. The van der Waals surface area contributed by atoms with E-state index < -0.39 is 0 Å². The third-order valence-corrected chi connectivity index (χ3v) is 5.12. The van der Waals surface area contributed by atoms with Crippen LogP contribution in [0.3, 0.4) is 0 Å². The molecule has 0 aliphatic heterocycles. The molecule has 0 aromatic heterocycles. The molecule has 1 heteroatoms. The molecule has 0 bridgehead atoms. The molecule has 0 heterocycles. The SMILES string of the molecule is CCCCCCc1ccc(-c2cccc3c2C=C(CCC)C3)cc1.[Zr]. The largest absolute Gasteiger partial charge is 0.0654 e. The first-order chi connectivity index (χ1) is 11.8. The van der Waals surface area contributed by atoms with E-state index in [1.165, 1.54) is 72.8 Å². The Labute approximate surface area is 172 Å². The van der Waals surface area contributed by atoms with Crippen molar-refractivity contribution in [2.75, 3.05) is 0 Å². The zero-order valence-corrected chi connectivity index (χ0v) is 18.2. The van der Waals surface area contributed by atoms with Crippen molar-refractivity contribution >= 4 is 6.08 Å². The van der Waals surface area contributed by atoms with Crippen LogP contribution in [0.5, 0.6) is 0 Å². The Morgan fingerprint density at radius 2 is 1.60 bits per heavy atom. The van der Waals surface area contributed by atoms with E-state index in [-0.39, 0.29) is 26.2 Å². The molecule has 0 unspecified atom stereocenters. The van der Waals surface area contributed by atoms with E-state index in [2.05, 4.69) is 62.4 Å². The average molecular weight is 410 g/mol. The number of unbranched alkanes of at least 4 members (excludes halogenated alkanes) is 3. The molecule has 0 nitrogen and oxygen atoms in total. The van der Waals surface area contributed by atoms with Crippen molar-refractivity contribution in [3.05, 3.63) is 64.7 Å². The molecule has 0 fully saturated rings. The molecule has 0 radical (unpaired) electrons. The summed E-state index contributed by atoms with van der Waals surface area (Å²) in [6, 6.07) is 16.1. The van der Waals surface area contributed by atoms with Crippen LogP contribution in [0, 0.1) is 0 Å². The third kappa shape index (κ3) is 5.27. The smallest absolute Gasteiger partial charge is 0 e.